The molecule has 0 aliphatic carbocycles. The van der Waals surface area contributed by atoms with E-state index in [0.717, 1.165) is 23.1 Å². The number of benzene rings is 2. The first-order chi connectivity index (χ1) is 9.72. The second-order valence-electron chi connectivity index (χ2n) is 4.73. The van der Waals surface area contributed by atoms with E-state index in [9.17, 15) is 0 Å². The molecule has 20 heavy (non-hydrogen) atoms. The third-order valence-electron chi connectivity index (χ3n) is 3.26. The minimum absolute atomic E-state index is 0.206. The van der Waals surface area contributed by atoms with Gasteiger partial charge in [-0.15, -0.1) is 0 Å². The number of methoxy groups -OCH3 is 1. The van der Waals surface area contributed by atoms with Crippen molar-refractivity contribution in [3.05, 3.63) is 64.1 Å². The summed E-state index contributed by atoms with van der Waals surface area (Å²) in [7, 11) is 1.67. The number of ether oxygens (including phenoxy) is 1. The number of rotatable bonds is 6. The lowest BCUT2D eigenvalue weighted by Crippen LogP contribution is -2.38. The maximum absolute atomic E-state index is 5.68. The standard InChI is InChI=1S/C16H19BrN2O/c1-20-16-8-7-13(11-15(16)17)10-14(19-18)9-12-5-3-2-4-6-12/h2-8,11,14,19H,9-10,18H2,1H3. The molecule has 0 radical (unpaired) electrons. The van der Waals surface area contributed by atoms with Gasteiger partial charge in [-0.25, -0.2) is 0 Å². The van der Waals surface area contributed by atoms with Crippen LogP contribution in [-0.2, 0) is 12.8 Å². The fourth-order valence-electron chi connectivity index (χ4n) is 2.21. The number of hydrazine groups is 1. The number of nitrogens with one attached hydrogen (secondary N) is 1. The first-order valence-corrected chi connectivity index (χ1v) is 7.34. The fourth-order valence-corrected chi connectivity index (χ4v) is 2.80. The molecule has 106 valence electrons. The van der Waals surface area contributed by atoms with Crippen LogP contribution in [0.3, 0.4) is 0 Å². The summed E-state index contributed by atoms with van der Waals surface area (Å²) < 4.78 is 6.21. The molecule has 2 aromatic carbocycles. The lowest BCUT2D eigenvalue weighted by Gasteiger charge is -2.16. The van der Waals surface area contributed by atoms with E-state index < -0.39 is 0 Å². The zero-order chi connectivity index (χ0) is 14.4. The van der Waals surface area contributed by atoms with Gasteiger partial charge in [0.1, 0.15) is 5.75 Å². The summed E-state index contributed by atoms with van der Waals surface area (Å²) in [6.45, 7) is 0. The van der Waals surface area contributed by atoms with E-state index in [2.05, 4.69) is 45.6 Å². The second kappa shape index (κ2) is 7.43. The molecule has 0 spiro atoms. The average molecular weight is 335 g/mol. The lowest BCUT2D eigenvalue weighted by atomic mass is 9.99. The predicted molar refractivity (Wildman–Crippen MR) is 85.7 cm³/mol. The molecule has 0 bridgehead atoms. The van der Waals surface area contributed by atoms with Gasteiger partial charge in [0.2, 0.25) is 0 Å². The van der Waals surface area contributed by atoms with Gasteiger partial charge in [0.05, 0.1) is 11.6 Å². The fraction of sp³-hybridized carbons (Fsp3) is 0.250. The highest BCUT2D eigenvalue weighted by Gasteiger charge is 2.10. The number of hydrogen-bond donors (Lipinski definition) is 2. The SMILES string of the molecule is COc1ccc(CC(Cc2ccccc2)NN)cc1Br. The molecule has 0 aliphatic rings. The Morgan fingerprint density at radius 2 is 1.80 bits per heavy atom. The molecule has 0 saturated heterocycles. The van der Waals surface area contributed by atoms with E-state index in [1.807, 2.05) is 24.3 Å². The summed E-state index contributed by atoms with van der Waals surface area (Å²) in [4.78, 5) is 0. The van der Waals surface area contributed by atoms with Gasteiger partial charge >= 0.3 is 0 Å². The van der Waals surface area contributed by atoms with Crippen molar-refractivity contribution >= 4 is 15.9 Å². The molecule has 0 heterocycles. The first kappa shape index (κ1) is 15.0. The summed E-state index contributed by atoms with van der Waals surface area (Å²) >= 11 is 3.51. The van der Waals surface area contributed by atoms with Gasteiger partial charge in [0.15, 0.2) is 0 Å². The van der Waals surface area contributed by atoms with E-state index >= 15 is 0 Å². The topological polar surface area (TPSA) is 47.3 Å². The third-order valence-corrected chi connectivity index (χ3v) is 3.88. The van der Waals surface area contributed by atoms with E-state index in [-0.39, 0.29) is 6.04 Å². The number of nitrogens with two attached hydrogens (primary N) is 1. The van der Waals surface area contributed by atoms with E-state index in [0.29, 0.717) is 0 Å². The molecule has 1 unspecified atom stereocenters. The minimum atomic E-state index is 0.206. The van der Waals surface area contributed by atoms with Gasteiger partial charge in [-0.3, -0.25) is 11.3 Å². The van der Waals surface area contributed by atoms with Crippen molar-refractivity contribution in [3.8, 4) is 5.75 Å². The van der Waals surface area contributed by atoms with Crippen LogP contribution in [0.4, 0.5) is 0 Å². The van der Waals surface area contributed by atoms with Gasteiger partial charge in [0.25, 0.3) is 0 Å². The minimum Gasteiger partial charge on any atom is -0.496 e. The summed E-state index contributed by atoms with van der Waals surface area (Å²) in [5.74, 6) is 6.52. The van der Waals surface area contributed by atoms with E-state index in [1.165, 1.54) is 11.1 Å². The van der Waals surface area contributed by atoms with Crippen LogP contribution in [0.1, 0.15) is 11.1 Å². The Kier molecular flexibility index (Phi) is 5.59. The number of hydrogen-bond acceptors (Lipinski definition) is 3. The molecule has 0 aromatic heterocycles. The highest BCUT2D eigenvalue weighted by molar-refractivity contribution is 9.10. The largest absolute Gasteiger partial charge is 0.496 e. The molecule has 3 nitrogen and oxygen atoms in total. The monoisotopic (exact) mass is 334 g/mol. The maximum atomic E-state index is 5.68. The van der Waals surface area contributed by atoms with Crippen molar-refractivity contribution in [1.82, 2.24) is 5.43 Å². The second-order valence-corrected chi connectivity index (χ2v) is 5.58. The predicted octanol–water partition coefficient (Wildman–Crippen LogP) is 3.07. The van der Waals surface area contributed by atoms with Gasteiger partial charge in [-0.2, -0.15) is 0 Å². The Morgan fingerprint density at radius 1 is 1.10 bits per heavy atom. The van der Waals surface area contributed by atoms with Crippen molar-refractivity contribution in [2.24, 2.45) is 5.84 Å². The molecule has 3 N–H and O–H groups in total. The molecular formula is C16H19BrN2O. The molecule has 0 saturated carbocycles. The molecule has 4 heteroatoms. The summed E-state index contributed by atoms with van der Waals surface area (Å²) in [5, 5.41) is 0. The van der Waals surface area contributed by atoms with Crippen LogP contribution in [0, 0.1) is 0 Å². The van der Waals surface area contributed by atoms with E-state index in [1.54, 1.807) is 7.11 Å². The van der Waals surface area contributed by atoms with Crippen molar-refractivity contribution in [3.63, 3.8) is 0 Å². The van der Waals surface area contributed by atoms with Crippen LogP contribution in [0.25, 0.3) is 0 Å². The molecule has 1 atom stereocenters. The highest BCUT2D eigenvalue weighted by atomic mass is 79.9. The molecule has 0 fully saturated rings. The van der Waals surface area contributed by atoms with Crippen LogP contribution in [-0.4, -0.2) is 13.2 Å². The van der Waals surface area contributed by atoms with E-state index in [4.69, 9.17) is 10.6 Å². The van der Waals surface area contributed by atoms with Crippen LogP contribution >= 0.6 is 15.9 Å². The van der Waals surface area contributed by atoms with Crippen LogP contribution in [0.15, 0.2) is 53.0 Å². The Hall–Kier alpha value is -1.36. The van der Waals surface area contributed by atoms with Crippen molar-refractivity contribution in [1.29, 1.82) is 0 Å². The Balaban J connectivity index is 2.04. The zero-order valence-corrected chi connectivity index (χ0v) is 13.1. The molecule has 0 amide bonds. The zero-order valence-electron chi connectivity index (χ0n) is 11.5. The van der Waals surface area contributed by atoms with Crippen molar-refractivity contribution < 1.29 is 4.74 Å². The summed E-state index contributed by atoms with van der Waals surface area (Å²) in [6.07, 6.45) is 1.77. The van der Waals surface area contributed by atoms with Crippen LogP contribution < -0.4 is 16.0 Å². The maximum Gasteiger partial charge on any atom is 0.133 e. The van der Waals surface area contributed by atoms with Crippen LogP contribution in [0.2, 0.25) is 0 Å². The van der Waals surface area contributed by atoms with Gasteiger partial charge in [-0.05, 0) is 52.0 Å². The Labute approximate surface area is 128 Å². The Bertz CT molecular complexity index is 545. The summed E-state index contributed by atoms with van der Waals surface area (Å²) in [6, 6.07) is 16.7. The lowest BCUT2D eigenvalue weighted by molar-refractivity contribution is 0.412. The highest BCUT2D eigenvalue weighted by Crippen LogP contribution is 2.26. The van der Waals surface area contributed by atoms with Crippen molar-refractivity contribution in [2.45, 2.75) is 18.9 Å². The van der Waals surface area contributed by atoms with Gasteiger partial charge < -0.3 is 4.74 Å². The van der Waals surface area contributed by atoms with Gasteiger partial charge in [0, 0.05) is 6.04 Å². The molecule has 2 rings (SSSR count). The average Bonchev–Trinajstić information content (AvgIpc) is 2.48. The third kappa shape index (κ3) is 4.07. The molecule has 0 aliphatic heterocycles. The Morgan fingerprint density at radius 3 is 2.40 bits per heavy atom. The summed E-state index contributed by atoms with van der Waals surface area (Å²) in [5.41, 5.74) is 5.40. The molecule has 2 aromatic rings. The van der Waals surface area contributed by atoms with Crippen molar-refractivity contribution in [2.75, 3.05) is 7.11 Å². The van der Waals surface area contributed by atoms with Crippen LogP contribution in [0.5, 0.6) is 5.75 Å². The first-order valence-electron chi connectivity index (χ1n) is 6.55. The smallest absolute Gasteiger partial charge is 0.133 e. The van der Waals surface area contributed by atoms with Gasteiger partial charge in [-0.1, -0.05) is 36.4 Å². The quantitative estimate of drug-likeness (QED) is 0.630. The normalized spacial score (nSPS) is 12.2. The molecular weight excluding hydrogens is 316 g/mol. The number of halogens is 1.